The fraction of sp³-hybridized carbons (Fsp3) is 0.176. The van der Waals surface area contributed by atoms with Crippen molar-refractivity contribution in [1.29, 1.82) is 0 Å². The minimum atomic E-state index is -0.383. The molecule has 2 aromatic rings. The number of para-hydroxylation sites is 1. The number of carbonyl (C=O) groups excluding carboxylic acids is 2. The van der Waals surface area contributed by atoms with Crippen LogP contribution in [-0.4, -0.2) is 28.0 Å². The van der Waals surface area contributed by atoms with Gasteiger partial charge in [0.1, 0.15) is 5.70 Å². The van der Waals surface area contributed by atoms with Crippen LogP contribution in [0.4, 0.5) is 4.79 Å². The first-order valence-corrected chi connectivity index (χ1v) is 7.01. The van der Waals surface area contributed by atoms with Gasteiger partial charge < -0.3 is 9.88 Å². The van der Waals surface area contributed by atoms with Crippen LogP contribution in [0, 0.1) is 12.3 Å². The highest BCUT2D eigenvalue weighted by atomic mass is 16.2. The van der Waals surface area contributed by atoms with Crippen LogP contribution in [-0.2, 0) is 11.3 Å². The molecule has 110 valence electrons. The summed E-state index contributed by atoms with van der Waals surface area (Å²) in [5, 5.41) is 3.60. The van der Waals surface area contributed by atoms with Crippen LogP contribution >= 0.6 is 0 Å². The summed E-state index contributed by atoms with van der Waals surface area (Å²) in [6.07, 6.45) is 8.99. The molecule has 1 aliphatic heterocycles. The van der Waals surface area contributed by atoms with Gasteiger partial charge in [0, 0.05) is 29.2 Å². The average Bonchev–Trinajstić information content (AvgIpc) is 2.99. The van der Waals surface area contributed by atoms with Gasteiger partial charge in [-0.2, -0.15) is 0 Å². The largest absolute Gasteiger partial charge is 0.335 e. The topological polar surface area (TPSA) is 54.3 Å². The number of amides is 3. The van der Waals surface area contributed by atoms with E-state index in [0.29, 0.717) is 13.1 Å². The molecule has 22 heavy (non-hydrogen) atoms. The Labute approximate surface area is 128 Å². The molecule has 5 nitrogen and oxygen atoms in total. The molecule has 0 bridgehead atoms. The van der Waals surface area contributed by atoms with Crippen molar-refractivity contribution in [2.75, 3.05) is 6.54 Å². The number of rotatable bonds is 3. The Kier molecular flexibility index (Phi) is 3.43. The number of hydrogen-bond donors (Lipinski definition) is 1. The van der Waals surface area contributed by atoms with Crippen LogP contribution in [0.2, 0.25) is 0 Å². The monoisotopic (exact) mass is 293 g/mol. The van der Waals surface area contributed by atoms with Crippen LogP contribution in [0.15, 0.2) is 36.2 Å². The van der Waals surface area contributed by atoms with Crippen molar-refractivity contribution in [2.45, 2.75) is 13.5 Å². The van der Waals surface area contributed by atoms with E-state index in [4.69, 9.17) is 6.42 Å². The van der Waals surface area contributed by atoms with Gasteiger partial charge in [-0.05, 0) is 19.1 Å². The van der Waals surface area contributed by atoms with E-state index in [1.807, 2.05) is 35.0 Å². The zero-order valence-corrected chi connectivity index (χ0v) is 12.2. The van der Waals surface area contributed by atoms with Gasteiger partial charge in [-0.3, -0.25) is 9.69 Å². The summed E-state index contributed by atoms with van der Waals surface area (Å²) >= 11 is 0. The van der Waals surface area contributed by atoms with E-state index >= 15 is 0 Å². The summed E-state index contributed by atoms with van der Waals surface area (Å²) in [7, 11) is 0. The number of imide groups is 1. The van der Waals surface area contributed by atoms with E-state index in [9.17, 15) is 9.59 Å². The molecule has 1 N–H and O–H groups in total. The van der Waals surface area contributed by atoms with E-state index in [0.717, 1.165) is 16.5 Å². The first-order valence-electron chi connectivity index (χ1n) is 7.01. The first kappa shape index (κ1) is 14.0. The lowest BCUT2D eigenvalue weighted by Crippen LogP contribution is -2.30. The molecular weight excluding hydrogens is 278 g/mol. The summed E-state index contributed by atoms with van der Waals surface area (Å²) in [5.41, 5.74) is 2.14. The lowest BCUT2D eigenvalue weighted by atomic mass is 10.1. The second-order valence-electron chi connectivity index (χ2n) is 4.97. The predicted molar refractivity (Wildman–Crippen MR) is 84.7 cm³/mol. The van der Waals surface area contributed by atoms with Gasteiger partial charge in [0.15, 0.2) is 0 Å². The van der Waals surface area contributed by atoms with Crippen molar-refractivity contribution >= 4 is 28.9 Å². The maximum Gasteiger partial charge on any atom is 0.328 e. The van der Waals surface area contributed by atoms with Crippen molar-refractivity contribution in [1.82, 2.24) is 14.8 Å². The van der Waals surface area contributed by atoms with Crippen LogP contribution < -0.4 is 5.32 Å². The number of aromatic nitrogens is 1. The molecule has 5 heteroatoms. The molecule has 1 aromatic heterocycles. The minimum absolute atomic E-state index is 0.287. The minimum Gasteiger partial charge on any atom is -0.335 e. The van der Waals surface area contributed by atoms with E-state index in [2.05, 4.69) is 11.2 Å². The Morgan fingerprint density at radius 2 is 2.09 bits per heavy atom. The third-order valence-corrected chi connectivity index (χ3v) is 3.66. The first-order chi connectivity index (χ1) is 10.7. The summed E-state index contributed by atoms with van der Waals surface area (Å²) in [4.78, 5) is 25.0. The lowest BCUT2D eigenvalue weighted by molar-refractivity contribution is -0.122. The second-order valence-corrected chi connectivity index (χ2v) is 4.97. The highest BCUT2D eigenvalue weighted by Gasteiger charge is 2.32. The number of hydrogen-bond acceptors (Lipinski definition) is 2. The Morgan fingerprint density at radius 1 is 1.32 bits per heavy atom. The standard InChI is InChI=1S/C17H15N3O2/c1-3-9-19-11-12(13-7-5-6-8-15(13)19)10-14-16(21)20(4-2)17(22)18-14/h1,5-8,10-11H,4,9H2,2H3,(H,18,22)/b14-10+. The van der Waals surface area contributed by atoms with Crippen LogP contribution in [0.5, 0.6) is 0 Å². The van der Waals surface area contributed by atoms with E-state index < -0.39 is 0 Å². The molecule has 0 radical (unpaired) electrons. The van der Waals surface area contributed by atoms with Crippen molar-refractivity contribution in [3.8, 4) is 12.3 Å². The molecule has 0 saturated carbocycles. The smallest absolute Gasteiger partial charge is 0.328 e. The van der Waals surface area contributed by atoms with Crippen LogP contribution in [0.25, 0.3) is 17.0 Å². The number of carbonyl (C=O) groups is 2. The summed E-state index contributed by atoms with van der Waals surface area (Å²) in [5.74, 6) is 2.31. The molecule has 0 unspecified atom stereocenters. The number of terminal acetylenes is 1. The number of benzene rings is 1. The molecule has 2 heterocycles. The van der Waals surface area contributed by atoms with Crippen molar-refractivity contribution < 1.29 is 9.59 Å². The maximum atomic E-state index is 12.2. The molecular formula is C17H15N3O2. The quantitative estimate of drug-likeness (QED) is 0.536. The third kappa shape index (κ3) is 2.15. The van der Waals surface area contributed by atoms with Gasteiger partial charge in [-0.1, -0.05) is 24.1 Å². The highest BCUT2D eigenvalue weighted by molar-refractivity contribution is 6.14. The Balaban J connectivity index is 2.08. The van der Waals surface area contributed by atoms with E-state index in [1.54, 1.807) is 13.0 Å². The SMILES string of the molecule is C#CCn1cc(/C=C2/NC(=O)N(CC)C2=O)c2ccccc21. The summed E-state index contributed by atoms with van der Waals surface area (Å²) in [6, 6.07) is 7.42. The molecule has 3 amide bonds. The normalized spacial score (nSPS) is 16.4. The van der Waals surface area contributed by atoms with Gasteiger partial charge in [0.2, 0.25) is 0 Å². The summed E-state index contributed by atoms with van der Waals surface area (Å²) in [6.45, 7) is 2.56. The fourth-order valence-corrected chi connectivity index (χ4v) is 2.63. The molecule has 1 fully saturated rings. The number of nitrogens with one attached hydrogen (secondary N) is 1. The van der Waals surface area contributed by atoms with E-state index in [1.165, 1.54) is 4.90 Å². The molecule has 1 saturated heterocycles. The van der Waals surface area contributed by atoms with Gasteiger partial charge >= 0.3 is 6.03 Å². The van der Waals surface area contributed by atoms with Gasteiger partial charge in [-0.15, -0.1) is 6.42 Å². The number of likely N-dealkylation sites (N-methyl/N-ethyl adjacent to an activating group) is 1. The number of urea groups is 1. The number of fused-ring (bicyclic) bond motifs is 1. The molecule has 3 rings (SSSR count). The Bertz CT molecular complexity index is 839. The maximum absolute atomic E-state index is 12.2. The Hall–Kier alpha value is -3.00. The van der Waals surface area contributed by atoms with Gasteiger partial charge in [-0.25, -0.2) is 4.79 Å². The van der Waals surface area contributed by atoms with E-state index in [-0.39, 0.29) is 17.6 Å². The van der Waals surface area contributed by atoms with Gasteiger partial charge in [0.25, 0.3) is 5.91 Å². The molecule has 0 atom stereocenters. The summed E-state index contributed by atoms with van der Waals surface area (Å²) < 4.78 is 1.95. The van der Waals surface area contributed by atoms with Crippen LogP contribution in [0.1, 0.15) is 12.5 Å². The lowest BCUT2D eigenvalue weighted by Gasteiger charge is -2.05. The van der Waals surface area contributed by atoms with Crippen molar-refractivity contribution in [3.63, 3.8) is 0 Å². The van der Waals surface area contributed by atoms with Gasteiger partial charge in [0.05, 0.1) is 6.54 Å². The third-order valence-electron chi connectivity index (χ3n) is 3.66. The molecule has 0 spiro atoms. The zero-order chi connectivity index (χ0) is 15.7. The fourth-order valence-electron chi connectivity index (χ4n) is 2.63. The van der Waals surface area contributed by atoms with Crippen LogP contribution in [0.3, 0.4) is 0 Å². The predicted octanol–water partition coefficient (Wildman–Crippen LogP) is 2.19. The average molecular weight is 293 g/mol. The van der Waals surface area contributed by atoms with Crippen molar-refractivity contribution in [2.24, 2.45) is 0 Å². The van der Waals surface area contributed by atoms with Crippen molar-refractivity contribution in [3.05, 3.63) is 41.7 Å². The molecule has 1 aromatic carbocycles. The molecule has 0 aliphatic carbocycles. The number of nitrogens with zero attached hydrogens (tertiary/aromatic N) is 2. The highest BCUT2D eigenvalue weighted by Crippen LogP contribution is 2.24. The Morgan fingerprint density at radius 3 is 2.77 bits per heavy atom. The second kappa shape index (κ2) is 5.41. The molecule has 1 aliphatic rings. The zero-order valence-electron chi connectivity index (χ0n) is 12.2.